The number of nitrogens with one attached hydrogen (secondary N) is 1. The zero-order chi connectivity index (χ0) is 15.1. The average molecular weight is 353 g/mol. The van der Waals surface area contributed by atoms with Crippen LogP contribution in [0.15, 0.2) is 47.1 Å². The van der Waals surface area contributed by atoms with Crippen molar-refractivity contribution in [3.8, 4) is 11.6 Å². The second kappa shape index (κ2) is 7.85. The maximum absolute atomic E-state index is 9.90. The first-order chi connectivity index (χ1) is 10.2. The van der Waals surface area contributed by atoms with E-state index in [4.69, 9.17) is 9.47 Å². The zero-order valence-corrected chi connectivity index (χ0v) is 13.2. The second-order valence-electron chi connectivity index (χ2n) is 4.39. The molecule has 5 nitrogen and oxygen atoms in total. The highest BCUT2D eigenvalue weighted by Gasteiger charge is 2.06. The highest BCUT2D eigenvalue weighted by Crippen LogP contribution is 2.18. The van der Waals surface area contributed by atoms with Gasteiger partial charge >= 0.3 is 0 Å². The highest BCUT2D eigenvalue weighted by molar-refractivity contribution is 9.10. The molecule has 0 aliphatic carbocycles. The van der Waals surface area contributed by atoms with Gasteiger partial charge in [-0.3, -0.25) is 0 Å². The van der Waals surface area contributed by atoms with Crippen molar-refractivity contribution in [2.45, 2.75) is 6.10 Å². The van der Waals surface area contributed by atoms with Crippen LogP contribution in [-0.4, -0.2) is 36.5 Å². The molecule has 1 aromatic heterocycles. The van der Waals surface area contributed by atoms with E-state index >= 15 is 0 Å². The van der Waals surface area contributed by atoms with Gasteiger partial charge in [-0.1, -0.05) is 22.0 Å². The molecular weight excluding hydrogens is 336 g/mol. The zero-order valence-electron chi connectivity index (χ0n) is 11.6. The number of hydrogen-bond acceptors (Lipinski definition) is 5. The van der Waals surface area contributed by atoms with Crippen LogP contribution in [0.25, 0.3) is 0 Å². The predicted octanol–water partition coefficient (Wildman–Crippen LogP) is 2.70. The largest absolute Gasteiger partial charge is 0.491 e. The Hall–Kier alpha value is -1.79. The lowest BCUT2D eigenvalue weighted by atomic mass is 10.3. The number of aromatic nitrogens is 1. The van der Waals surface area contributed by atoms with Crippen LogP contribution in [0.1, 0.15) is 0 Å². The molecule has 0 amide bonds. The van der Waals surface area contributed by atoms with Crippen molar-refractivity contribution in [3.05, 3.63) is 47.1 Å². The Morgan fingerprint density at radius 1 is 1.33 bits per heavy atom. The van der Waals surface area contributed by atoms with Crippen molar-refractivity contribution >= 4 is 21.6 Å². The summed E-state index contributed by atoms with van der Waals surface area (Å²) in [5.74, 6) is 1.27. The van der Waals surface area contributed by atoms with Gasteiger partial charge in [-0.15, -0.1) is 0 Å². The van der Waals surface area contributed by atoms with Crippen LogP contribution in [0.3, 0.4) is 0 Å². The molecule has 0 spiro atoms. The molecule has 0 saturated carbocycles. The summed E-state index contributed by atoms with van der Waals surface area (Å²) in [6, 6.07) is 11.1. The van der Waals surface area contributed by atoms with Gasteiger partial charge in [0.2, 0.25) is 5.88 Å². The van der Waals surface area contributed by atoms with Gasteiger partial charge in [0.15, 0.2) is 0 Å². The molecule has 0 aliphatic rings. The molecule has 1 heterocycles. The number of nitrogens with zero attached hydrogens (tertiary/aromatic N) is 1. The van der Waals surface area contributed by atoms with Crippen LogP contribution >= 0.6 is 15.9 Å². The number of methoxy groups -OCH3 is 1. The first kappa shape index (κ1) is 15.6. The second-order valence-corrected chi connectivity index (χ2v) is 5.31. The normalized spacial score (nSPS) is 11.8. The van der Waals surface area contributed by atoms with Gasteiger partial charge in [0.1, 0.15) is 18.5 Å². The number of ether oxygens (including phenoxy) is 2. The van der Waals surface area contributed by atoms with Crippen LogP contribution in [0.2, 0.25) is 0 Å². The summed E-state index contributed by atoms with van der Waals surface area (Å²) in [4.78, 5) is 4.08. The lowest BCUT2D eigenvalue weighted by molar-refractivity contribution is 0.117. The predicted molar refractivity (Wildman–Crippen MR) is 84.9 cm³/mol. The summed E-state index contributed by atoms with van der Waals surface area (Å²) >= 11 is 3.37. The third-order valence-corrected chi connectivity index (χ3v) is 3.22. The Balaban J connectivity index is 1.75. The van der Waals surface area contributed by atoms with E-state index in [-0.39, 0.29) is 6.61 Å². The molecule has 2 N–H and O–H groups in total. The van der Waals surface area contributed by atoms with Gasteiger partial charge in [-0.2, -0.15) is 0 Å². The molecule has 0 saturated heterocycles. The van der Waals surface area contributed by atoms with Gasteiger partial charge < -0.3 is 19.9 Å². The van der Waals surface area contributed by atoms with E-state index in [1.165, 1.54) is 0 Å². The molecule has 1 aromatic carbocycles. The van der Waals surface area contributed by atoms with E-state index < -0.39 is 6.10 Å². The summed E-state index contributed by atoms with van der Waals surface area (Å²) in [5, 5.41) is 13.0. The van der Waals surface area contributed by atoms with Crippen molar-refractivity contribution in [2.75, 3.05) is 25.6 Å². The minimum absolute atomic E-state index is 0.215. The number of rotatable bonds is 7. The number of pyridine rings is 1. The van der Waals surface area contributed by atoms with Gasteiger partial charge in [-0.25, -0.2) is 4.98 Å². The average Bonchev–Trinajstić information content (AvgIpc) is 2.51. The first-order valence-corrected chi connectivity index (χ1v) is 7.27. The lowest BCUT2D eigenvalue weighted by Gasteiger charge is -2.14. The number of hydrogen-bond donors (Lipinski definition) is 2. The van der Waals surface area contributed by atoms with Crippen molar-refractivity contribution in [1.82, 2.24) is 4.98 Å². The van der Waals surface area contributed by atoms with Gasteiger partial charge in [0.05, 0.1) is 19.0 Å². The van der Waals surface area contributed by atoms with E-state index in [0.717, 1.165) is 15.9 Å². The number of halogens is 1. The number of aliphatic hydroxyl groups is 1. The molecule has 1 unspecified atom stereocenters. The summed E-state index contributed by atoms with van der Waals surface area (Å²) in [6.07, 6.45) is 1.03. The highest BCUT2D eigenvalue weighted by atomic mass is 79.9. The molecule has 0 bridgehead atoms. The topological polar surface area (TPSA) is 63.6 Å². The molecule has 2 aromatic rings. The Morgan fingerprint density at radius 2 is 2.19 bits per heavy atom. The minimum Gasteiger partial charge on any atom is -0.491 e. The number of benzene rings is 1. The lowest BCUT2D eigenvalue weighted by Crippen LogP contribution is -2.26. The fraction of sp³-hybridized carbons (Fsp3) is 0.267. The minimum atomic E-state index is -0.619. The molecule has 2 rings (SSSR count). The van der Waals surface area contributed by atoms with E-state index in [2.05, 4.69) is 26.2 Å². The van der Waals surface area contributed by atoms with Gasteiger partial charge in [0.25, 0.3) is 0 Å². The van der Waals surface area contributed by atoms with E-state index in [9.17, 15) is 5.11 Å². The SMILES string of the molecule is COc1ccc(NCC(O)COc2cccc(Br)c2)cn1. The van der Waals surface area contributed by atoms with Crippen molar-refractivity contribution < 1.29 is 14.6 Å². The van der Waals surface area contributed by atoms with E-state index in [0.29, 0.717) is 12.4 Å². The Morgan fingerprint density at radius 3 is 2.86 bits per heavy atom. The third kappa shape index (κ3) is 5.24. The quantitative estimate of drug-likeness (QED) is 0.801. The summed E-state index contributed by atoms with van der Waals surface area (Å²) in [6.45, 7) is 0.592. The van der Waals surface area contributed by atoms with Crippen molar-refractivity contribution in [3.63, 3.8) is 0 Å². The summed E-state index contributed by atoms with van der Waals surface area (Å²) in [7, 11) is 1.57. The van der Waals surface area contributed by atoms with Crippen molar-refractivity contribution in [2.24, 2.45) is 0 Å². The van der Waals surface area contributed by atoms with Crippen molar-refractivity contribution in [1.29, 1.82) is 0 Å². The molecule has 112 valence electrons. The molecular formula is C15H17BrN2O3. The van der Waals surface area contributed by atoms with Gasteiger partial charge in [-0.05, 0) is 24.3 Å². The summed E-state index contributed by atoms with van der Waals surface area (Å²) in [5.41, 5.74) is 0.817. The van der Waals surface area contributed by atoms with Crippen LogP contribution in [-0.2, 0) is 0 Å². The third-order valence-electron chi connectivity index (χ3n) is 2.73. The molecule has 0 fully saturated rings. The Bertz CT molecular complexity index is 563. The van der Waals surface area contributed by atoms with Crippen LogP contribution in [0, 0.1) is 0 Å². The van der Waals surface area contributed by atoms with Gasteiger partial charge in [0, 0.05) is 17.1 Å². The maximum atomic E-state index is 9.90. The monoisotopic (exact) mass is 352 g/mol. The van der Waals surface area contributed by atoms with Crippen LogP contribution in [0.4, 0.5) is 5.69 Å². The fourth-order valence-corrected chi connectivity index (χ4v) is 2.03. The Labute approximate surface area is 132 Å². The number of aliphatic hydroxyl groups excluding tert-OH is 1. The molecule has 6 heteroatoms. The van der Waals surface area contributed by atoms with Crippen LogP contribution < -0.4 is 14.8 Å². The molecule has 0 radical (unpaired) electrons. The van der Waals surface area contributed by atoms with E-state index in [1.54, 1.807) is 19.4 Å². The molecule has 1 atom stereocenters. The fourth-order valence-electron chi connectivity index (χ4n) is 1.65. The smallest absolute Gasteiger partial charge is 0.213 e. The standard InChI is InChI=1S/C15H17BrN2O3/c1-20-15-6-5-12(8-18-15)17-9-13(19)10-21-14-4-2-3-11(16)7-14/h2-8,13,17,19H,9-10H2,1H3. The molecule has 0 aliphatic heterocycles. The number of anilines is 1. The summed E-state index contributed by atoms with van der Waals surface area (Å²) < 4.78 is 11.4. The van der Waals surface area contributed by atoms with Crippen LogP contribution in [0.5, 0.6) is 11.6 Å². The van der Waals surface area contributed by atoms with E-state index in [1.807, 2.05) is 30.3 Å². The first-order valence-electron chi connectivity index (χ1n) is 6.47. The molecule has 21 heavy (non-hydrogen) atoms. The maximum Gasteiger partial charge on any atom is 0.213 e. The Kier molecular flexibility index (Phi) is 5.83.